The summed E-state index contributed by atoms with van der Waals surface area (Å²) in [6.07, 6.45) is 1.40. The maximum atomic E-state index is 11.4. The van der Waals surface area contributed by atoms with Crippen molar-refractivity contribution >= 4 is 5.78 Å². The molecule has 1 aromatic carbocycles. The van der Waals surface area contributed by atoms with Gasteiger partial charge in [0.1, 0.15) is 5.78 Å². The van der Waals surface area contributed by atoms with E-state index in [0.29, 0.717) is 18.6 Å². The van der Waals surface area contributed by atoms with Gasteiger partial charge in [-0.2, -0.15) is 0 Å². The smallest absolute Gasteiger partial charge is 0.135 e. The van der Waals surface area contributed by atoms with E-state index in [1.54, 1.807) is 0 Å². The number of rotatable bonds is 2. The summed E-state index contributed by atoms with van der Waals surface area (Å²) < 4.78 is 0. The van der Waals surface area contributed by atoms with Gasteiger partial charge >= 0.3 is 0 Å². The molecule has 0 aromatic heterocycles. The maximum Gasteiger partial charge on any atom is 0.135 e. The molecule has 0 N–H and O–H groups in total. The fourth-order valence-electron chi connectivity index (χ4n) is 3.10. The van der Waals surface area contributed by atoms with E-state index in [0.717, 1.165) is 13.1 Å². The van der Waals surface area contributed by atoms with Gasteiger partial charge in [0.05, 0.1) is 0 Å². The first-order valence-electron chi connectivity index (χ1n) is 7.18. The third-order valence-corrected chi connectivity index (χ3v) is 4.83. The van der Waals surface area contributed by atoms with Crippen LogP contribution in [-0.4, -0.2) is 23.8 Å². The van der Waals surface area contributed by atoms with Crippen molar-refractivity contribution < 1.29 is 4.79 Å². The maximum absolute atomic E-state index is 11.4. The van der Waals surface area contributed by atoms with Crippen LogP contribution < -0.4 is 0 Å². The summed E-state index contributed by atoms with van der Waals surface area (Å²) in [7, 11) is 0. The highest BCUT2D eigenvalue weighted by molar-refractivity contribution is 5.79. The Bertz CT molecular complexity index is 492. The molecule has 0 bridgehead atoms. The Labute approximate surface area is 116 Å². The van der Waals surface area contributed by atoms with Crippen LogP contribution in [0.15, 0.2) is 12.1 Å². The van der Waals surface area contributed by atoms with Crippen molar-refractivity contribution in [2.24, 2.45) is 0 Å². The highest BCUT2D eigenvalue weighted by Crippen LogP contribution is 2.33. The van der Waals surface area contributed by atoms with Crippen LogP contribution in [0.5, 0.6) is 0 Å². The highest BCUT2D eigenvalue weighted by atomic mass is 16.1. The molecule has 0 unspecified atom stereocenters. The molecule has 19 heavy (non-hydrogen) atoms. The van der Waals surface area contributed by atoms with E-state index < -0.39 is 0 Å². The van der Waals surface area contributed by atoms with Crippen LogP contribution in [0.4, 0.5) is 0 Å². The number of likely N-dealkylation sites (tertiary alicyclic amines) is 1. The largest absolute Gasteiger partial charge is 0.300 e. The van der Waals surface area contributed by atoms with E-state index in [4.69, 9.17) is 0 Å². The predicted octanol–water partition coefficient (Wildman–Crippen LogP) is 3.51. The second kappa shape index (κ2) is 5.09. The highest BCUT2D eigenvalue weighted by Gasteiger charge is 2.32. The molecule has 1 aliphatic rings. The standard InChI is InChI=1S/C17H25NO/c1-12-6-7-16(14(3)13(12)2)17(4,5)18-10-8-15(19)9-11-18/h6-7H,8-11H2,1-5H3. The lowest BCUT2D eigenvalue weighted by Gasteiger charge is -2.42. The molecule has 0 radical (unpaired) electrons. The van der Waals surface area contributed by atoms with Crippen molar-refractivity contribution in [1.82, 2.24) is 4.90 Å². The normalized spacial score (nSPS) is 17.8. The first kappa shape index (κ1) is 14.3. The number of carbonyl (C=O) groups is 1. The Hall–Kier alpha value is -1.15. The average Bonchev–Trinajstić information content (AvgIpc) is 2.36. The molecule has 2 rings (SSSR count). The molecule has 0 atom stereocenters. The van der Waals surface area contributed by atoms with E-state index in [-0.39, 0.29) is 5.54 Å². The summed E-state index contributed by atoms with van der Waals surface area (Å²) >= 11 is 0. The summed E-state index contributed by atoms with van der Waals surface area (Å²) in [4.78, 5) is 13.9. The van der Waals surface area contributed by atoms with Gasteiger partial charge in [-0.15, -0.1) is 0 Å². The Kier molecular flexibility index (Phi) is 3.82. The van der Waals surface area contributed by atoms with Crippen molar-refractivity contribution in [2.45, 2.75) is 53.0 Å². The van der Waals surface area contributed by atoms with Gasteiger partial charge in [-0.1, -0.05) is 12.1 Å². The molecule has 104 valence electrons. The quantitative estimate of drug-likeness (QED) is 0.810. The fraction of sp³-hybridized carbons (Fsp3) is 0.588. The zero-order chi connectivity index (χ0) is 14.2. The molecular weight excluding hydrogens is 234 g/mol. The zero-order valence-corrected chi connectivity index (χ0v) is 12.8. The molecule has 0 amide bonds. The fourth-order valence-corrected chi connectivity index (χ4v) is 3.10. The van der Waals surface area contributed by atoms with Crippen LogP contribution in [0.25, 0.3) is 0 Å². The van der Waals surface area contributed by atoms with Crippen LogP contribution in [0.1, 0.15) is 48.9 Å². The number of Topliss-reactive ketones (excluding diaryl/α,β-unsaturated/α-hetero) is 1. The van der Waals surface area contributed by atoms with E-state index in [1.807, 2.05) is 0 Å². The van der Waals surface area contributed by atoms with Crippen molar-refractivity contribution in [3.05, 3.63) is 34.4 Å². The molecule has 1 heterocycles. The first-order valence-corrected chi connectivity index (χ1v) is 7.18. The number of hydrogen-bond donors (Lipinski definition) is 0. The van der Waals surface area contributed by atoms with Gasteiger partial charge < -0.3 is 0 Å². The van der Waals surface area contributed by atoms with Gasteiger partial charge in [0, 0.05) is 31.5 Å². The molecule has 1 aliphatic heterocycles. The van der Waals surface area contributed by atoms with Crippen LogP contribution in [-0.2, 0) is 10.3 Å². The molecule has 1 aromatic rings. The Morgan fingerprint density at radius 2 is 1.58 bits per heavy atom. The van der Waals surface area contributed by atoms with Crippen LogP contribution in [0, 0.1) is 20.8 Å². The lowest BCUT2D eigenvalue weighted by atomic mass is 9.84. The Morgan fingerprint density at radius 1 is 1.00 bits per heavy atom. The molecule has 1 fully saturated rings. The number of ketones is 1. The molecule has 1 saturated heterocycles. The summed E-state index contributed by atoms with van der Waals surface area (Å²) in [5.74, 6) is 0.406. The number of aryl methyl sites for hydroxylation is 1. The summed E-state index contributed by atoms with van der Waals surface area (Å²) in [6.45, 7) is 12.9. The minimum atomic E-state index is 0.00322. The number of hydrogen-bond acceptors (Lipinski definition) is 2. The topological polar surface area (TPSA) is 20.3 Å². The van der Waals surface area contributed by atoms with Gasteiger partial charge in [-0.05, 0) is 56.9 Å². The molecule has 0 spiro atoms. The van der Waals surface area contributed by atoms with E-state index in [2.05, 4.69) is 51.7 Å². The van der Waals surface area contributed by atoms with E-state index >= 15 is 0 Å². The predicted molar refractivity (Wildman–Crippen MR) is 79.5 cm³/mol. The van der Waals surface area contributed by atoms with Crippen molar-refractivity contribution in [3.63, 3.8) is 0 Å². The van der Waals surface area contributed by atoms with Gasteiger partial charge in [-0.3, -0.25) is 9.69 Å². The zero-order valence-electron chi connectivity index (χ0n) is 12.8. The average molecular weight is 259 g/mol. The van der Waals surface area contributed by atoms with Gasteiger partial charge in [0.25, 0.3) is 0 Å². The molecule has 2 nitrogen and oxygen atoms in total. The Balaban J connectivity index is 2.34. The SMILES string of the molecule is Cc1ccc(C(C)(C)N2CCC(=O)CC2)c(C)c1C. The lowest BCUT2D eigenvalue weighted by Crippen LogP contribution is -2.46. The van der Waals surface area contributed by atoms with Gasteiger partial charge in [-0.25, -0.2) is 0 Å². The van der Waals surface area contributed by atoms with Crippen LogP contribution in [0.2, 0.25) is 0 Å². The third-order valence-electron chi connectivity index (χ3n) is 4.83. The molecule has 0 saturated carbocycles. The lowest BCUT2D eigenvalue weighted by molar-refractivity contribution is -0.122. The van der Waals surface area contributed by atoms with E-state index in [9.17, 15) is 4.79 Å². The number of carbonyl (C=O) groups excluding carboxylic acids is 1. The summed E-state index contributed by atoms with van der Waals surface area (Å²) in [6, 6.07) is 4.47. The number of benzene rings is 1. The van der Waals surface area contributed by atoms with Crippen molar-refractivity contribution in [3.8, 4) is 0 Å². The van der Waals surface area contributed by atoms with Crippen LogP contribution in [0.3, 0.4) is 0 Å². The minimum absolute atomic E-state index is 0.00322. The Morgan fingerprint density at radius 3 is 2.16 bits per heavy atom. The second-order valence-corrected chi connectivity index (χ2v) is 6.26. The van der Waals surface area contributed by atoms with Crippen molar-refractivity contribution in [2.75, 3.05) is 13.1 Å². The summed E-state index contributed by atoms with van der Waals surface area (Å²) in [5.41, 5.74) is 5.53. The third kappa shape index (κ3) is 2.59. The van der Waals surface area contributed by atoms with Crippen molar-refractivity contribution in [1.29, 1.82) is 0 Å². The molecule has 2 heteroatoms. The monoisotopic (exact) mass is 259 g/mol. The van der Waals surface area contributed by atoms with E-state index in [1.165, 1.54) is 22.3 Å². The first-order chi connectivity index (χ1) is 8.84. The number of piperidine rings is 1. The van der Waals surface area contributed by atoms with Gasteiger partial charge in [0.15, 0.2) is 0 Å². The van der Waals surface area contributed by atoms with Crippen LogP contribution >= 0.6 is 0 Å². The van der Waals surface area contributed by atoms with Gasteiger partial charge in [0.2, 0.25) is 0 Å². The molecular formula is C17H25NO. The number of nitrogens with zero attached hydrogens (tertiary/aromatic N) is 1. The second-order valence-electron chi connectivity index (χ2n) is 6.26. The molecule has 0 aliphatic carbocycles. The minimum Gasteiger partial charge on any atom is -0.300 e. The summed E-state index contributed by atoms with van der Waals surface area (Å²) in [5, 5.41) is 0.